The zero-order valence-electron chi connectivity index (χ0n) is 11.8. The SMILES string of the molecule is CC(C)NCC1(CN2CCC(O)C2)CCCOC1. The van der Waals surface area contributed by atoms with E-state index in [1.54, 1.807) is 0 Å². The third-order valence-electron chi connectivity index (χ3n) is 4.10. The number of aliphatic hydroxyl groups is 1. The highest BCUT2D eigenvalue weighted by molar-refractivity contribution is 4.90. The number of β-amino-alcohol motifs (C(OH)–C–C–N with tert-alkyl or cyclic N) is 1. The van der Waals surface area contributed by atoms with Crippen LogP contribution in [-0.4, -0.2) is 61.5 Å². The van der Waals surface area contributed by atoms with E-state index >= 15 is 0 Å². The summed E-state index contributed by atoms with van der Waals surface area (Å²) in [7, 11) is 0. The van der Waals surface area contributed by atoms with Crippen molar-refractivity contribution in [3.05, 3.63) is 0 Å². The van der Waals surface area contributed by atoms with Gasteiger partial charge in [0, 0.05) is 44.2 Å². The minimum atomic E-state index is -0.121. The number of aliphatic hydroxyl groups excluding tert-OH is 1. The Bertz CT molecular complexity index is 252. The van der Waals surface area contributed by atoms with Crippen LogP contribution in [0.5, 0.6) is 0 Å². The first-order valence-electron chi connectivity index (χ1n) is 7.31. The molecule has 2 unspecified atom stereocenters. The maximum Gasteiger partial charge on any atom is 0.0679 e. The molecule has 106 valence electrons. The van der Waals surface area contributed by atoms with E-state index in [0.29, 0.717) is 6.04 Å². The molecule has 4 nitrogen and oxygen atoms in total. The molecule has 0 aromatic heterocycles. The van der Waals surface area contributed by atoms with Crippen LogP contribution in [0, 0.1) is 5.41 Å². The number of nitrogens with one attached hydrogen (secondary N) is 1. The van der Waals surface area contributed by atoms with Crippen LogP contribution >= 0.6 is 0 Å². The van der Waals surface area contributed by atoms with Crippen LogP contribution in [0.15, 0.2) is 0 Å². The van der Waals surface area contributed by atoms with Crippen LogP contribution in [0.3, 0.4) is 0 Å². The summed E-state index contributed by atoms with van der Waals surface area (Å²) in [6.07, 6.45) is 3.20. The first-order chi connectivity index (χ1) is 8.60. The highest BCUT2D eigenvalue weighted by Gasteiger charge is 2.36. The molecular weight excluding hydrogens is 228 g/mol. The van der Waals surface area contributed by atoms with Crippen molar-refractivity contribution in [1.82, 2.24) is 10.2 Å². The van der Waals surface area contributed by atoms with Gasteiger partial charge in [0.05, 0.1) is 12.7 Å². The molecule has 0 aromatic rings. The molecule has 0 bridgehead atoms. The highest BCUT2D eigenvalue weighted by atomic mass is 16.5. The van der Waals surface area contributed by atoms with Crippen LogP contribution in [0.25, 0.3) is 0 Å². The number of rotatable bonds is 5. The summed E-state index contributed by atoms with van der Waals surface area (Å²) in [5, 5.41) is 13.2. The largest absolute Gasteiger partial charge is 0.392 e. The predicted octanol–water partition coefficient (Wildman–Crippen LogP) is 0.848. The van der Waals surface area contributed by atoms with Gasteiger partial charge in [0.25, 0.3) is 0 Å². The van der Waals surface area contributed by atoms with Crippen molar-refractivity contribution in [1.29, 1.82) is 0 Å². The lowest BCUT2D eigenvalue weighted by Crippen LogP contribution is -2.49. The molecule has 2 N–H and O–H groups in total. The summed E-state index contributed by atoms with van der Waals surface area (Å²) in [6, 6.07) is 0.521. The second kappa shape index (κ2) is 6.33. The molecule has 0 spiro atoms. The number of hydrogen-bond acceptors (Lipinski definition) is 4. The molecule has 2 heterocycles. The molecule has 0 aromatic carbocycles. The quantitative estimate of drug-likeness (QED) is 0.765. The minimum Gasteiger partial charge on any atom is -0.392 e. The average Bonchev–Trinajstić information content (AvgIpc) is 2.73. The van der Waals surface area contributed by atoms with E-state index in [2.05, 4.69) is 24.1 Å². The van der Waals surface area contributed by atoms with Gasteiger partial charge in [-0.15, -0.1) is 0 Å². The van der Waals surface area contributed by atoms with Crippen molar-refractivity contribution in [2.24, 2.45) is 5.41 Å². The van der Waals surface area contributed by atoms with E-state index in [9.17, 15) is 5.11 Å². The second-order valence-corrected chi connectivity index (χ2v) is 6.37. The van der Waals surface area contributed by atoms with Gasteiger partial charge >= 0.3 is 0 Å². The Labute approximate surface area is 111 Å². The van der Waals surface area contributed by atoms with Gasteiger partial charge in [-0.2, -0.15) is 0 Å². The monoisotopic (exact) mass is 256 g/mol. The molecule has 2 fully saturated rings. The fraction of sp³-hybridized carbons (Fsp3) is 1.00. The van der Waals surface area contributed by atoms with Crippen molar-refractivity contribution >= 4 is 0 Å². The molecule has 0 saturated carbocycles. The Hall–Kier alpha value is -0.160. The Morgan fingerprint density at radius 2 is 2.33 bits per heavy atom. The molecule has 2 rings (SSSR count). The summed E-state index contributed by atoms with van der Waals surface area (Å²) >= 11 is 0. The summed E-state index contributed by atoms with van der Waals surface area (Å²) < 4.78 is 5.73. The van der Waals surface area contributed by atoms with Crippen molar-refractivity contribution in [2.45, 2.75) is 45.3 Å². The zero-order valence-corrected chi connectivity index (χ0v) is 11.8. The van der Waals surface area contributed by atoms with E-state index in [4.69, 9.17) is 4.74 Å². The molecule has 0 amide bonds. The summed E-state index contributed by atoms with van der Waals surface area (Å²) in [4.78, 5) is 2.40. The third kappa shape index (κ3) is 3.92. The van der Waals surface area contributed by atoms with E-state index in [-0.39, 0.29) is 11.5 Å². The maximum absolute atomic E-state index is 9.64. The Morgan fingerprint density at radius 3 is 2.89 bits per heavy atom. The van der Waals surface area contributed by atoms with Gasteiger partial charge in [-0.1, -0.05) is 13.8 Å². The molecule has 0 aliphatic carbocycles. The lowest BCUT2D eigenvalue weighted by molar-refractivity contribution is -0.0251. The lowest BCUT2D eigenvalue weighted by atomic mass is 9.81. The normalized spacial score (nSPS) is 34.3. The standard InChI is InChI=1S/C14H28N2O2/c1-12(2)15-9-14(5-3-7-18-11-14)10-16-6-4-13(17)8-16/h12-13,15,17H,3-11H2,1-2H3. The topological polar surface area (TPSA) is 44.7 Å². The van der Waals surface area contributed by atoms with Crippen LogP contribution in [-0.2, 0) is 4.74 Å². The summed E-state index contributed by atoms with van der Waals surface area (Å²) in [5.74, 6) is 0. The van der Waals surface area contributed by atoms with E-state index in [1.807, 2.05) is 0 Å². The zero-order chi connectivity index (χ0) is 13.0. The third-order valence-corrected chi connectivity index (χ3v) is 4.10. The highest BCUT2D eigenvalue weighted by Crippen LogP contribution is 2.30. The summed E-state index contributed by atoms with van der Waals surface area (Å²) in [5.41, 5.74) is 0.243. The van der Waals surface area contributed by atoms with Crippen molar-refractivity contribution < 1.29 is 9.84 Å². The number of likely N-dealkylation sites (tertiary alicyclic amines) is 1. The van der Waals surface area contributed by atoms with Crippen LogP contribution in [0.2, 0.25) is 0 Å². The fourth-order valence-corrected chi connectivity index (χ4v) is 3.08. The molecule has 0 radical (unpaired) electrons. The second-order valence-electron chi connectivity index (χ2n) is 6.37. The van der Waals surface area contributed by atoms with E-state index in [1.165, 1.54) is 6.42 Å². The lowest BCUT2D eigenvalue weighted by Gasteiger charge is -2.40. The first kappa shape index (κ1) is 14.3. The molecule has 2 saturated heterocycles. The van der Waals surface area contributed by atoms with Gasteiger partial charge in [-0.05, 0) is 19.3 Å². The average molecular weight is 256 g/mol. The van der Waals surface area contributed by atoms with Gasteiger partial charge in [0.15, 0.2) is 0 Å². The van der Waals surface area contributed by atoms with Crippen LogP contribution in [0.1, 0.15) is 33.1 Å². The van der Waals surface area contributed by atoms with Gasteiger partial charge in [0.2, 0.25) is 0 Å². The van der Waals surface area contributed by atoms with Gasteiger partial charge in [-0.25, -0.2) is 0 Å². The van der Waals surface area contributed by atoms with Gasteiger partial charge < -0.3 is 15.2 Å². The smallest absolute Gasteiger partial charge is 0.0679 e. The van der Waals surface area contributed by atoms with Crippen molar-refractivity contribution in [3.8, 4) is 0 Å². The molecule has 2 aliphatic rings. The van der Waals surface area contributed by atoms with Gasteiger partial charge in [-0.3, -0.25) is 4.90 Å². The van der Waals surface area contributed by atoms with Crippen LogP contribution < -0.4 is 5.32 Å². The van der Waals surface area contributed by atoms with Crippen LogP contribution in [0.4, 0.5) is 0 Å². The number of hydrogen-bond donors (Lipinski definition) is 2. The molecule has 2 atom stereocenters. The molecule has 2 aliphatic heterocycles. The fourth-order valence-electron chi connectivity index (χ4n) is 3.08. The first-order valence-corrected chi connectivity index (χ1v) is 7.31. The Balaban J connectivity index is 1.91. The molecule has 18 heavy (non-hydrogen) atoms. The summed E-state index contributed by atoms with van der Waals surface area (Å²) in [6.45, 7) is 10.1. The van der Waals surface area contributed by atoms with Gasteiger partial charge in [0.1, 0.15) is 0 Å². The number of ether oxygens (including phenoxy) is 1. The predicted molar refractivity (Wildman–Crippen MR) is 72.7 cm³/mol. The van der Waals surface area contributed by atoms with E-state index in [0.717, 1.165) is 52.2 Å². The van der Waals surface area contributed by atoms with Crippen molar-refractivity contribution in [2.75, 3.05) is 39.4 Å². The van der Waals surface area contributed by atoms with Crippen molar-refractivity contribution in [3.63, 3.8) is 0 Å². The minimum absolute atomic E-state index is 0.121. The Kier molecular flexibility index (Phi) is 5.01. The maximum atomic E-state index is 9.64. The molecule has 4 heteroatoms. The molecular formula is C14H28N2O2. The Morgan fingerprint density at radius 1 is 1.50 bits per heavy atom. The number of nitrogens with zero attached hydrogens (tertiary/aromatic N) is 1. The van der Waals surface area contributed by atoms with E-state index < -0.39 is 0 Å².